The quantitative estimate of drug-likeness (QED) is 0.855. The number of carbonyl (C=O) groups is 1. The van der Waals surface area contributed by atoms with Gasteiger partial charge in [0, 0.05) is 22.0 Å². The fraction of sp³-hybridized carbons (Fsp3) is 0.133. The van der Waals surface area contributed by atoms with Crippen molar-refractivity contribution in [1.29, 1.82) is 0 Å². The van der Waals surface area contributed by atoms with Crippen LogP contribution in [-0.4, -0.2) is 19.6 Å². The van der Waals surface area contributed by atoms with Crippen LogP contribution in [0.3, 0.4) is 0 Å². The van der Waals surface area contributed by atoms with Gasteiger partial charge in [0.1, 0.15) is 5.75 Å². The summed E-state index contributed by atoms with van der Waals surface area (Å²) in [5.74, 6) is 6.08. The largest absolute Gasteiger partial charge is 0.496 e. The van der Waals surface area contributed by atoms with Crippen LogP contribution in [0.4, 0.5) is 5.69 Å². The van der Waals surface area contributed by atoms with Crippen molar-refractivity contribution in [2.45, 2.75) is 0 Å². The summed E-state index contributed by atoms with van der Waals surface area (Å²) in [6, 6.07) is 6.78. The molecule has 2 aromatic rings. The minimum atomic E-state index is -0.221. The number of thiophene rings is 1. The maximum atomic E-state index is 12.2. The second-order valence-corrected chi connectivity index (χ2v) is 5.35. The Kier molecular flexibility index (Phi) is 5.23. The number of anilines is 1. The smallest absolute Gasteiger partial charge is 0.265 e. The summed E-state index contributed by atoms with van der Waals surface area (Å²) in [4.78, 5) is 12.7. The summed E-state index contributed by atoms with van der Waals surface area (Å²) < 4.78 is 5.06. The number of rotatable bonds is 3. The van der Waals surface area contributed by atoms with E-state index in [2.05, 4.69) is 17.2 Å². The lowest BCUT2D eigenvalue weighted by molar-refractivity contribution is 0.103. The zero-order valence-electron chi connectivity index (χ0n) is 11.3. The minimum absolute atomic E-state index is 0.221. The van der Waals surface area contributed by atoms with Crippen LogP contribution in [-0.2, 0) is 0 Å². The Morgan fingerprint density at radius 2 is 2.29 bits per heavy atom. The Hall–Kier alpha value is -2.00. The third-order valence-electron chi connectivity index (χ3n) is 2.59. The van der Waals surface area contributed by atoms with E-state index in [1.54, 1.807) is 36.8 Å². The van der Waals surface area contributed by atoms with E-state index in [-0.39, 0.29) is 12.5 Å². The molecule has 4 nitrogen and oxygen atoms in total. The molecule has 0 spiro atoms. The molecule has 0 unspecified atom stereocenters. The Morgan fingerprint density at radius 1 is 1.48 bits per heavy atom. The zero-order chi connectivity index (χ0) is 15.2. The van der Waals surface area contributed by atoms with Crippen LogP contribution in [0, 0.1) is 11.8 Å². The number of carbonyl (C=O) groups excluding carboxylic acids is 1. The molecule has 6 heteroatoms. The van der Waals surface area contributed by atoms with Gasteiger partial charge < -0.3 is 15.8 Å². The van der Waals surface area contributed by atoms with Gasteiger partial charge in [-0.15, -0.1) is 11.3 Å². The summed E-state index contributed by atoms with van der Waals surface area (Å²) in [5.41, 5.74) is 6.59. The minimum Gasteiger partial charge on any atom is -0.496 e. The highest BCUT2D eigenvalue weighted by Crippen LogP contribution is 2.24. The van der Waals surface area contributed by atoms with Gasteiger partial charge in [-0.05, 0) is 18.2 Å². The lowest BCUT2D eigenvalue weighted by Crippen LogP contribution is -2.11. The van der Waals surface area contributed by atoms with Gasteiger partial charge in [0.05, 0.1) is 24.2 Å². The van der Waals surface area contributed by atoms with Crippen molar-refractivity contribution in [2.24, 2.45) is 5.73 Å². The summed E-state index contributed by atoms with van der Waals surface area (Å²) >= 11 is 7.25. The molecule has 21 heavy (non-hydrogen) atoms. The van der Waals surface area contributed by atoms with Gasteiger partial charge in [-0.3, -0.25) is 4.79 Å². The van der Waals surface area contributed by atoms with Crippen LogP contribution in [0.25, 0.3) is 0 Å². The number of amides is 1. The summed E-state index contributed by atoms with van der Waals surface area (Å²) in [5, 5.41) is 5.13. The summed E-state index contributed by atoms with van der Waals surface area (Å²) in [7, 11) is 1.56. The van der Waals surface area contributed by atoms with Crippen LogP contribution in [0.15, 0.2) is 29.6 Å². The Bertz CT molecular complexity index is 716. The topological polar surface area (TPSA) is 64.3 Å². The lowest BCUT2D eigenvalue weighted by atomic mass is 10.1. The Balaban J connectivity index is 2.24. The van der Waals surface area contributed by atoms with Crippen molar-refractivity contribution < 1.29 is 9.53 Å². The molecule has 0 radical (unpaired) electrons. The Morgan fingerprint density at radius 3 is 2.95 bits per heavy atom. The highest BCUT2D eigenvalue weighted by Gasteiger charge is 2.11. The second-order valence-electron chi connectivity index (χ2n) is 4.00. The van der Waals surface area contributed by atoms with E-state index in [1.807, 2.05) is 0 Å². The molecule has 0 saturated carbocycles. The van der Waals surface area contributed by atoms with Crippen molar-refractivity contribution >= 4 is 34.5 Å². The number of hydrogen-bond acceptors (Lipinski definition) is 4. The highest BCUT2D eigenvalue weighted by atomic mass is 35.5. The maximum Gasteiger partial charge on any atom is 0.265 e. The molecular weight excluding hydrogens is 308 g/mol. The molecule has 0 saturated heterocycles. The van der Waals surface area contributed by atoms with E-state index in [9.17, 15) is 4.79 Å². The van der Waals surface area contributed by atoms with Gasteiger partial charge in [-0.1, -0.05) is 23.4 Å². The number of ether oxygens (including phenoxy) is 1. The van der Waals surface area contributed by atoms with E-state index in [4.69, 9.17) is 22.1 Å². The van der Waals surface area contributed by atoms with Gasteiger partial charge in [0.2, 0.25) is 0 Å². The van der Waals surface area contributed by atoms with Crippen molar-refractivity contribution in [3.05, 3.63) is 45.1 Å². The number of hydrogen-bond donors (Lipinski definition) is 2. The van der Waals surface area contributed by atoms with Gasteiger partial charge in [-0.2, -0.15) is 0 Å². The summed E-state index contributed by atoms with van der Waals surface area (Å²) in [6.07, 6.45) is 0. The van der Waals surface area contributed by atoms with E-state index in [0.717, 1.165) is 0 Å². The molecule has 1 amide bonds. The average molecular weight is 321 g/mol. The number of methoxy groups -OCH3 is 1. The molecule has 2 rings (SSSR count). The molecule has 0 bridgehead atoms. The molecule has 0 atom stereocenters. The zero-order valence-corrected chi connectivity index (χ0v) is 12.8. The standard InChI is InChI=1S/C15H13ClN2O2S/c1-20-12-8-14(21-9-12)15(19)18-13-5-4-11(16)7-10(13)3-2-6-17/h4-5,7-9H,6,17H2,1H3,(H,18,19). The van der Waals surface area contributed by atoms with Gasteiger partial charge in [0.25, 0.3) is 5.91 Å². The molecule has 3 N–H and O–H groups in total. The van der Waals surface area contributed by atoms with Gasteiger partial charge >= 0.3 is 0 Å². The highest BCUT2D eigenvalue weighted by molar-refractivity contribution is 7.12. The average Bonchev–Trinajstić information content (AvgIpc) is 2.96. The van der Waals surface area contributed by atoms with E-state index in [1.165, 1.54) is 11.3 Å². The van der Waals surface area contributed by atoms with Crippen molar-refractivity contribution in [3.8, 4) is 17.6 Å². The maximum absolute atomic E-state index is 12.2. The van der Waals surface area contributed by atoms with Crippen molar-refractivity contribution in [2.75, 3.05) is 19.0 Å². The SMILES string of the molecule is COc1csc(C(=O)Nc2ccc(Cl)cc2C#CCN)c1. The molecule has 0 fully saturated rings. The van der Waals surface area contributed by atoms with Gasteiger partial charge in [0.15, 0.2) is 0 Å². The molecule has 1 heterocycles. The molecular formula is C15H13ClN2O2S. The lowest BCUT2D eigenvalue weighted by Gasteiger charge is -2.06. The molecule has 1 aromatic carbocycles. The number of halogens is 1. The third-order valence-corrected chi connectivity index (χ3v) is 3.73. The molecule has 108 valence electrons. The van der Waals surface area contributed by atoms with E-state index in [0.29, 0.717) is 26.9 Å². The first-order chi connectivity index (χ1) is 10.1. The van der Waals surface area contributed by atoms with Crippen LogP contribution >= 0.6 is 22.9 Å². The van der Waals surface area contributed by atoms with Crippen LogP contribution in [0.1, 0.15) is 15.2 Å². The predicted molar refractivity (Wildman–Crippen MR) is 86.2 cm³/mol. The fourth-order valence-corrected chi connectivity index (χ4v) is 2.53. The molecule has 0 aliphatic carbocycles. The molecule has 1 aromatic heterocycles. The summed E-state index contributed by atoms with van der Waals surface area (Å²) in [6.45, 7) is 0.238. The number of nitrogens with two attached hydrogens (primary N) is 1. The molecule has 0 aliphatic heterocycles. The first kappa shape index (κ1) is 15.4. The fourth-order valence-electron chi connectivity index (χ4n) is 1.60. The normalized spacial score (nSPS) is 9.67. The number of benzene rings is 1. The predicted octanol–water partition coefficient (Wildman–Crippen LogP) is 2.97. The van der Waals surface area contributed by atoms with E-state index >= 15 is 0 Å². The van der Waals surface area contributed by atoms with Crippen LogP contribution in [0.5, 0.6) is 5.75 Å². The van der Waals surface area contributed by atoms with E-state index < -0.39 is 0 Å². The van der Waals surface area contributed by atoms with Gasteiger partial charge in [-0.25, -0.2) is 0 Å². The first-order valence-corrected chi connectivity index (χ1v) is 7.32. The van der Waals surface area contributed by atoms with Crippen LogP contribution in [0.2, 0.25) is 5.02 Å². The molecule has 0 aliphatic rings. The second kappa shape index (κ2) is 7.14. The number of nitrogens with one attached hydrogen (secondary N) is 1. The van der Waals surface area contributed by atoms with Crippen LogP contribution < -0.4 is 15.8 Å². The van der Waals surface area contributed by atoms with Crippen molar-refractivity contribution in [3.63, 3.8) is 0 Å². The van der Waals surface area contributed by atoms with Crippen molar-refractivity contribution in [1.82, 2.24) is 0 Å². The Labute approximate surface area is 131 Å². The third kappa shape index (κ3) is 3.99. The monoisotopic (exact) mass is 320 g/mol. The first-order valence-electron chi connectivity index (χ1n) is 6.06.